The smallest absolute Gasteiger partial charge is 0.00206 e. The molecule has 1 nitrogen and oxygen atoms in total. The van der Waals surface area contributed by atoms with E-state index in [2.05, 4.69) is 59.9 Å². The number of rotatable bonds is 2. The van der Waals surface area contributed by atoms with Crippen LogP contribution in [0.3, 0.4) is 0 Å². The maximum atomic E-state index is 3.42. The maximum absolute atomic E-state index is 3.42. The highest BCUT2D eigenvalue weighted by atomic mass is 14.9. The Bertz CT molecular complexity index is 467. The molecule has 0 aliphatic carbocycles. The summed E-state index contributed by atoms with van der Waals surface area (Å²) in [5, 5.41) is 3.42. The molecule has 0 saturated carbocycles. The first-order chi connectivity index (χ1) is 8.43. The molecule has 0 amide bonds. The SMILES string of the molecule is c1ccc(-c2ccc(C3CCNC3)cc2)cc1. The van der Waals surface area contributed by atoms with Gasteiger partial charge < -0.3 is 5.32 Å². The minimum atomic E-state index is 0.708. The summed E-state index contributed by atoms with van der Waals surface area (Å²) in [7, 11) is 0. The molecule has 1 unspecified atom stereocenters. The second-order valence-electron chi connectivity index (χ2n) is 4.68. The molecule has 1 N–H and O–H groups in total. The van der Waals surface area contributed by atoms with Gasteiger partial charge in [-0.05, 0) is 35.6 Å². The van der Waals surface area contributed by atoms with E-state index in [0.29, 0.717) is 5.92 Å². The Hall–Kier alpha value is -1.60. The van der Waals surface area contributed by atoms with Crippen LogP contribution < -0.4 is 5.32 Å². The van der Waals surface area contributed by atoms with Crippen LogP contribution in [0.4, 0.5) is 0 Å². The Morgan fingerprint density at radius 2 is 1.53 bits per heavy atom. The quantitative estimate of drug-likeness (QED) is 0.822. The third-order valence-electron chi connectivity index (χ3n) is 3.55. The van der Waals surface area contributed by atoms with Gasteiger partial charge in [0.05, 0.1) is 0 Å². The van der Waals surface area contributed by atoms with Gasteiger partial charge in [-0.2, -0.15) is 0 Å². The topological polar surface area (TPSA) is 12.0 Å². The third kappa shape index (κ3) is 2.25. The molecule has 1 fully saturated rings. The Morgan fingerprint density at radius 3 is 2.18 bits per heavy atom. The lowest BCUT2D eigenvalue weighted by molar-refractivity contribution is 0.763. The Kier molecular flexibility index (Phi) is 2.93. The van der Waals surface area contributed by atoms with Gasteiger partial charge in [-0.3, -0.25) is 0 Å². The van der Waals surface area contributed by atoms with E-state index in [9.17, 15) is 0 Å². The molecule has 86 valence electrons. The fraction of sp³-hybridized carbons (Fsp3) is 0.250. The van der Waals surface area contributed by atoms with E-state index >= 15 is 0 Å². The molecule has 1 aliphatic rings. The fourth-order valence-corrected chi connectivity index (χ4v) is 2.52. The number of nitrogens with one attached hydrogen (secondary N) is 1. The molecule has 1 heterocycles. The fourth-order valence-electron chi connectivity index (χ4n) is 2.52. The first-order valence-electron chi connectivity index (χ1n) is 6.29. The zero-order chi connectivity index (χ0) is 11.5. The molecule has 17 heavy (non-hydrogen) atoms. The lowest BCUT2D eigenvalue weighted by Gasteiger charge is -2.09. The molecule has 0 aromatic heterocycles. The van der Waals surface area contributed by atoms with Crippen LogP contribution >= 0.6 is 0 Å². The van der Waals surface area contributed by atoms with E-state index in [1.165, 1.54) is 23.1 Å². The minimum absolute atomic E-state index is 0.708. The van der Waals surface area contributed by atoms with Gasteiger partial charge in [0.2, 0.25) is 0 Å². The van der Waals surface area contributed by atoms with Gasteiger partial charge >= 0.3 is 0 Å². The van der Waals surface area contributed by atoms with Crippen LogP contribution in [0.25, 0.3) is 11.1 Å². The summed E-state index contributed by atoms with van der Waals surface area (Å²) in [6.07, 6.45) is 1.27. The molecule has 0 radical (unpaired) electrons. The average molecular weight is 223 g/mol. The molecular formula is C16H17N. The highest BCUT2D eigenvalue weighted by Crippen LogP contribution is 2.25. The summed E-state index contributed by atoms with van der Waals surface area (Å²) in [6, 6.07) is 19.6. The van der Waals surface area contributed by atoms with E-state index < -0.39 is 0 Å². The van der Waals surface area contributed by atoms with Gasteiger partial charge in [-0.1, -0.05) is 54.6 Å². The minimum Gasteiger partial charge on any atom is -0.316 e. The zero-order valence-corrected chi connectivity index (χ0v) is 9.89. The third-order valence-corrected chi connectivity index (χ3v) is 3.55. The predicted molar refractivity (Wildman–Crippen MR) is 72.1 cm³/mol. The molecule has 2 aromatic carbocycles. The molecule has 1 atom stereocenters. The number of benzene rings is 2. The van der Waals surface area contributed by atoms with Crippen LogP contribution in [-0.4, -0.2) is 13.1 Å². The highest BCUT2D eigenvalue weighted by Gasteiger charge is 2.15. The van der Waals surface area contributed by atoms with Crippen LogP contribution in [0, 0.1) is 0 Å². The van der Waals surface area contributed by atoms with Crippen molar-refractivity contribution >= 4 is 0 Å². The van der Waals surface area contributed by atoms with Crippen molar-refractivity contribution in [2.75, 3.05) is 13.1 Å². The summed E-state index contributed by atoms with van der Waals surface area (Å²) in [6.45, 7) is 2.29. The predicted octanol–water partition coefficient (Wildman–Crippen LogP) is 3.43. The second-order valence-corrected chi connectivity index (χ2v) is 4.68. The van der Waals surface area contributed by atoms with Crippen molar-refractivity contribution in [2.24, 2.45) is 0 Å². The molecule has 0 bridgehead atoms. The first-order valence-corrected chi connectivity index (χ1v) is 6.29. The van der Waals surface area contributed by atoms with E-state index in [1.54, 1.807) is 0 Å². The molecular weight excluding hydrogens is 206 g/mol. The van der Waals surface area contributed by atoms with Crippen LogP contribution in [0.15, 0.2) is 54.6 Å². The lowest BCUT2D eigenvalue weighted by Crippen LogP contribution is -2.07. The molecule has 1 saturated heterocycles. The Labute approximate surface area is 102 Å². The average Bonchev–Trinajstić information content (AvgIpc) is 2.94. The maximum Gasteiger partial charge on any atom is 0.00206 e. The molecule has 2 aromatic rings. The van der Waals surface area contributed by atoms with E-state index in [1.807, 2.05) is 0 Å². The van der Waals surface area contributed by atoms with E-state index in [4.69, 9.17) is 0 Å². The van der Waals surface area contributed by atoms with Crippen LogP contribution in [0.5, 0.6) is 0 Å². The standard InChI is InChI=1S/C16H17N/c1-2-4-13(5-3-1)14-6-8-15(9-7-14)16-10-11-17-12-16/h1-9,16-17H,10-12H2. The molecule has 1 heteroatoms. The van der Waals surface area contributed by atoms with Crippen molar-refractivity contribution in [1.82, 2.24) is 5.32 Å². The van der Waals surface area contributed by atoms with Crippen LogP contribution in [0.2, 0.25) is 0 Å². The van der Waals surface area contributed by atoms with Crippen molar-refractivity contribution in [3.05, 3.63) is 60.2 Å². The summed E-state index contributed by atoms with van der Waals surface area (Å²) in [5.41, 5.74) is 4.07. The monoisotopic (exact) mass is 223 g/mol. The van der Waals surface area contributed by atoms with Crippen molar-refractivity contribution in [2.45, 2.75) is 12.3 Å². The van der Waals surface area contributed by atoms with Gasteiger partial charge in [0.25, 0.3) is 0 Å². The highest BCUT2D eigenvalue weighted by molar-refractivity contribution is 5.63. The summed E-state index contributed by atoms with van der Waals surface area (Å²) in [5.74, 6) is 0.708. The van der Waals surface area contributed by atoms with Crippen molar-refractivity contribution in [3.8, 4) is 11.1 Å². The van der Waals surface area contributed by atoms with E-state index in [-0.39, 0.29) is 0 Å². The lowest BCUT2D eigenvalue weighted by atomic mass is 9.96. The number of hydrogen-bond acceptors (Lipinski definition) is 1. The largest absolute Gasteiger partial charge is 0.316 e. The van der Waals surface area contributed by atoms with Gasteiger partial charge in [-0.15, -0.1) is 0 Å². The Balaban J connectivity index is 1.85. The van der Waals surface area contributed by atoms with Gasteiger partial charge in [0.15, 0.2) is 0 Å². The number of hydrogen-bond donors (Lipinski definition) is 1. The van der Waals surface area contributed by atoms with Gasteiger partial charge in [0, 0.05) is 6.54 Å². The van der Waals surface area contributed by atoms with Crippen molar-refractivity contribution in [1.29, 1.82) is 0 Å². The van der Waals surface area contributed by atoms with Gasteiger partial charge in [0.1, 0.15) is 0 Å². The molecule has 0 spiro atoms. The van der Waals surface area contributed by atoms with Crippen LogP contribution in [0.1, 0.15) is 17.9 Å². The zero-order valence-electron chi connectivity index (χ0n) is 9.89. The van der Waals surface area contributed by atoms with Crippen LogP contribution in [-0.2, 0) is 0 Å². The summed E-state index contributed by atoms with van der Waals surface area (Å²) in [4.78, 5) is 0. The first kappa shape index (κ1) is 10.5. The van der Waals surface area contributed by atoms with E-state index in [0.717, 1.165) is 13.1 Å². The second kappa shape index (κ2) is 4.72. The molecule has 1 aliphatic heterocycles. The van der Waals surface area contributed by atoms with Gasteiger partial charge in [-0.25, -0.2) is 0 Å². The van der Waals surface area contributed by atoms with Crippen molar-refractivity contribution < 1.29 is 0 Å². The molecule has 3 rings (SSSR count). The summed E-state index contributed by atoms with van der Waals surface area (Å²) < 4.78 is 0. The Morgan fingerprint density at radius 1 is 0.824 bits per heavy atom. The van der Waals surface area contributed by atoms with Crippen molar-refractivity contribution in [3.63, 3.8) is 0 Å². The normalized spacial score (nSPS) is 19.4. The summed E-state index contributed by atoms with van der Waals surface area (Å²) >= 11 is 0.